The van der Waals surface area contributed by atoms with Crippen LogP contribution in [0.25, 0.3) is 0 Å². The monoisotopic (exact) mass is 301 g/mol. The second-order valence-electron chi connectivity index (χ2n) is 6.30. The molecular weight excluding hydrogens is 286 g/mol. The molecule has 2 bridgehead atoms. The van der Waals surface area contributed by atoms with Gasteiger partial charge in [0.05, 0.1) is 17.4 Å². The lowest BCUT2D eigenvalue weighted by atomic mass is 9.79. The van der Waals surface area contributed by atoms with E-state index in [0.717, 1.165) is 12.8 Å². The van der Waals surface area contributed by atoms with Gasteiger partial charge in [-0.05, 0) is 37.0 Å². The van der Waals surface area contributed by atoms with Crippen LogP contribution in [-0.2, 0) is 14.3 Å². The van der Waals surface area contributed by atoms with Crippen molar-refractivity contribution in [2.45, 2.75) is 18.9 Å². The molecular formula is C16H15NO5. The maximum atomic E-state index is 12.6. The van der Waals surface area contributed by atoms with Crippen LogP contribution in [0.15, 0.2) is 24.3 Å². The second kappa shape index (κ2) is 4.56. The molecule has 3 fully saturated rings. The summed E-state index contributed by atoms with van der Waals surface area (Å²) in [5, 5.41) is 11.7. The number of hydrogen-bond donors (Lipinski definition) is 2. The molecule has 1 saturated heterocycles. The summed E-state index contributed by atoms with van der Waals surface area (Å²) in [6, 6.07) is 6.12. The first-order valence-corrected chi connectivity index (χ1v) is 7.39. The number of carboxylic acid groups (broad SMARTS) is 1. The van der Waals surface area contributed by atoms with Crippen molar-refractivity contribution < 1.29 is 24.2 Å². The van der Waals surface area contributed by atoms with E-state index in [1.165, 1.54) is 12.1 Å². The Bertz CT molecular complexity index is 683. The molecule has 0 aromatic heterocycles. The van der Waals surface area contributed by atoms with Crippen molar-refractivity contribution in [3.8, 4) is 0 Å². The van der Waals surface area contributed by atoms with Crippen LogP contribution in [0.3, 0.4) is 0 Å². The summed E-state index contributed by atoms with van der Waals surface area (Å²) in [5.41, 5.74) is 0.557. The highest BCUT2D eigenvalue weighted by atomic mass is 16.6. The quantitative estimate of drug-likeness (QED) is 0.826. The number of nitrogens with one attached hydrogen (secondary N) is 1. The van der Waals surface area contributed by atoms with Crippen LogP contribution in [0, 0.1) is 23.7 Å². The summed E-state index contributed by atoms with van der Waals surface area (Å²) in [4.78, 5) is 35.4. The van der Waals surface area contributed by atoms with E-state index in [1.807, 2.05) is 0 Å². The minimum absolute atomic E-state index is 0.00175. The first-order chi connectivity index (χ1) is 10.5. The summed E-state index contributed by atoms with van der Waals surface area (Å²) >= 11 is 0. The number of anilines is 1. The molecule has 22 heavy (non-hydrogen) atoms. The van der Waals surface area contributed by atoms with Crippen molar-refractivity contribution in [3.63, 3.8) is 0 Å². The van der Waals surface area contributed by atoms with Gasteiger partial charge >= 0.3 is 11.9 Å². The SMILES string of the molecule is O=C(O)c1cccc(NC(=O)C2C3CC4OC(=O)C2C4C3)c1. The fourth-order valence-corrected chi connectivity index (χ4v) is 4.32. The van der Waals surface area contributed by atoms with Crippen LogP contribution in [-0.4, -0.2) is 29.1 Å². The summed E-state index contributed by atoms with van der Waals surface area (Å²) in [7, 11) is 0. The van der Waals surface area contributed by atoms with E-state index in [2.05, 4.69) is 5.32 Å². The molecule has 1 amide bonds. The van der Waals surface area contributed by atoms with E-state index in [1.54, 1.807) is 12.1 Å². The first kappa shape index (κ1) is 13.3. The third-order valence-electron chi connectivity index (χ3n) is 5.16. The lowest BCUT2D eigenvalue weighted by molar-refractivity contribution is -0.145. The molecule has 4 rings (SSSR count). The smallest absolute Gasteiger partial charge is 0.335 e. The van der Waals surface area contributed by atoms with Gasteiger partial charge in [0.2, 0.25) is 5.91 Å². The molecule has 1 aromatic rings. The standard InChI is InChI=1S/C16H15NO5/c18-14(17-9-3-1-2-7(4-9)15(19)20)12-8-5-10-11(6-8)22-16(21)13(10)12/h1-4,8,10-13H,5-6H2,(H,17,18)(H,19,20). The fraction of sp³-hybridized carbons (Fsp3) is 0.438. The number of amides is 1. The number of esters is 1. The summed E-state index contributed by atoms with van der Waals surface area (Å²) in [6.45, 7) is 0. The Morgan fingerprint density at radius 3 is 2.86 bits per heavy atom. The number of aromatic carboxylic acids is 1. The Kier molecular flexibility index (Phi) is 2.76. The molecule has 0 radical (unpaired) electrons. The van der Waals surface area contributed by atoms with Crippen LogP contribution in [0.4, 0.5) is 5.69 Å². The van der Waals surface area contributed by atoms with Gasteiger partial charge in [-0.2, -0.15) is 0 Å². The maximum absolute atomic E-state index is 12.6. The lowest BCUT2D eigenvalue weighted by Gasteiger charge is -2.23. The van der Waals surface area contributed by atoms with Crippen LogP contribution >= 0.6 is 0 Å². The zero-order valence-electron chi connectivity index (χ0n) is 11.7. The van der Waals surface area contributed by atoms with Crippen LogP contribution in [0.5, 0.6) is 0 Å². The number of rotatable bonds is 3. The van der Waals surface area contributed by atoms with Gasteiger partial charge in [-0.15, -0.1) is 0 Å². The molecule has 2 saturated carbocycles. The number of ether oxygens (including phenoxy) is 1. The highest BCUT2D eigenvalue weighted by molar-refractivity contribution is 5.98. The molecule has 6 nitrogen and oxygen atoms in total. The van der Waals surface area contributed by atoms with Crippen LogP contribution < -0.4 is 5.32 Å². The van der Waals surface area contributed by atoms with Crippen molar-refractivity contribution >= 4 is 23.5 Å². The van der Waals surface area contributed by atoms with Gasteiger partial charge in [-0.3, -0.25) is 9.59 Å². The molecule has 5 atom stereocenters. The molecule has 114 valence electrons. The minimum atomic E-state index is -1.04. The maximum Gasteiger partial charge on any atom is 0.335 e. The van der Waals surface area contributed by atoms with Gasteiger partial charge < -0.3 is 15.2 Å². The van der Waals surface area contributed by atoms with Crippen molar-refractivity contribution in [1.29, 1.82) is 0 Å². The number of benzene rings is 1. The van der Waals surface area contributed by atoms with E-state index < -0.39 is 5.97 Å². The highest BCUT2D eigenvalue weighted by Gasteiger charge is 2.63. The predicted octanol–water partition coefficient (Wildman–Crippen LogP) is 1.52. The van der Waals surface area contributed by atoms with Gasteiger partial charge in [0.15, 0.2) is 0 Å². The third-order valence-corrected chi connectivity index (χ3v) is 5.16. The van der Waals surface area contributed by atoms with E-state index >= 15 is 0 Å². The Hall–Kier alpha value is -2.37. The molecule has 2 aliphatic carbocycles. The van der Waals surface area contributed by atoms with Crippen molar-refractivity contribution in [3.05, 3.63) is 29.8 Å². The van der Waals surface area contributed by atoms with E-state index in [-0.39, 0.29) is 47.2 Å². The number of carbonyl (C=O) groups is 3. The molecule has 1 aliphatic heterocycles. The van der Waals surface area contributed by atoms with Crippen LogP contribution in [0.1, 0.15) is 23.2 Å². The van der Waals surface area contributed by atoms with Gasteiger partial charge in [0.1, 0.15) is 6.10 Å². The van der Waals surface area contributed by atoms with Crippen molar-refractivity contribution in [2.24, 2.45) is 23.7 Å². The second-order valence-corrected chi connectivity index (χ2v) is 6.30. The zero-order valence-corrected chi connectivity index (χ0v) is 11.7. The molecule has 1 aromatic carbocycles. The summed E-state index contributed by atoms with van der Waals surface area (Å²) in [5.74, 6) is -1.83. The number of fused-ring (bicyclic) bond motifs is 1. The van der Waals surface area contributed by atoms with E-state index in [4.69, 9.17) is 9.84 Å². The summed E-state index contributed by atoms with van der Waals surface area (Å²) < 4.78 is 5.32. The van der Waals surface area contributed by atoms with Gasteiger partial charge in [-0.1, -0.05) is 6.07 Å². The lowest BCUT2D eigenvalue weighted by Crippen LogP contribution is -2.35. The molecule has 5 unspecified atom stereocenters. The molecule has 6 heteroatoms. The Morgan fingerprint density at radius 1 is 1.27 bits per heavy atom. The van der Waals surface area contributed by atoms with E-state index in [9.17, 15) is 14.4 Å². The normalized spacial score (nSPS) is 34.5. The molecule has 0 spiro atoms. The Labute approximate surface area is 126 Å². The third kappa shape index (κ3) is 1.83. The largest absolute Gasteiger partial charge is 0.478 e. The molecule has 1 heterocycles. The molecule has 2 N–H and O–H groups in total. The topological polar surface area (TPSA) is 92.7 Å². The van der Waals surface area contributed by atoms with E-state index in [0.29, 0.717) is 5.69 Å². The summed E-state index contributed by atoms with van der Waals surface area (Å²) in [6.07, 6.45) is 1.64. The van der Waals surface area contributed by atoms with Crippen LogP contribution in [0.2, 0.25) is 0 Å². The fourth-order valence-electron chi connectivity index (χ4n) is 4.32. The van der Waals surface area contributed by atoms with Crippen molar-refractivity contribution in [1.82, 2.24) is 0 Å². The molecule has 3 aliphatic rings. The number of hydrogen-bond acceptors (Lipinski definition) is 4. The van der Waals surface area contributed by atoms with Gasteiger partial charge in [0.25, 0.3) is 0 Å². The minimum Gasteiger partial charge on any atom is -0.478 e. The average Bonchev–Trinajstić information content (AvgIpc) is 3.08. The average molecular weight is 301 g/mol. The van der Waals surface area contributed by atoms with Crippen molar-refractivity contribution in [2.75, 3.05) is 5.32 Å². The zero-order chi connectivity index (χ0) is 15.4. The van der Waals surface area contributed by atoms with Gasteiger partial charge in [-0.25, -0.2) is 4.79 Å². The highest BCUT2D eigenvalue weighted by Crippen LogP contribution is 2.57. The van der Waals surface area contributed by atoms with Gasteiger partial charge in [0, 0.05) is 11.6 Å². The number of carbonyl (C=O) groups excluding carboxylic acids is 2. The Morgan fingerprint density at radius 2 is 2.09 bits per heavy atom. The predicted molar refractivity (Wildman–Crippen MR) is 75.1 cm³/mol. The Balaban J connectivity index is 1.55. The first-order valence-electron chi connectivity index (χ1n) is 7.39. The number of carboxylic acids is 1.